The largest absolute Gasteiger partial charge is 0.468 e. The van der Waals surface area contributed by atoms with Gasteiger partial charge in [0, 0.05) is 6.04 Å². The number of carbonyl (C=O) groups excluding carboxylic acids is 2. The van der Waals surface area contributed by atoms with E-state index in [2.05, 4.69) is 10.1 Å². The van der Waals surface area contributed by atoms with Crippen LogP contribution in [0.2, 0.25) is 10.0 Å². The molecule has 0 saturated heterocycles. The van der Waals surface area contributed by atoms with Gasteiger partial charge in [0.25, 0.3) is 0 Å². The Bertz CT molecular complexity index is 505. The maximum atomic E-state index is 11.6. The van der Waals surface area contributed by atoms with Crippen LogP contribution in [0.3, 0.4) is 0 Å². The highest BCUT2D eigenvalue weighted by Gasteiger charge is 2.27. The highest BCUT2D eigenvalue weighted by atomic mass is 35.5. The highest BCUT2D eigenvalue weighted by Crippen LogP contribution is 2.27. The van der Waals surface area contributed by atoms with Crippen molar-refractivity contribution in [1.29, 1.82) is 0 Å². The molecule has 0 heterocycles. The number of methoxy groups -OCH3 is 1. The summed E-state index contributed by atoms with van der Waals surface area (Å²) in [5, 5.41) is 3.88. The molecule has 2 unspecified atom stereocenters. The molecule has 0 aliphatic carbocycles. The van der Waals surface area contributed by atoms with Crippen LogP contribution < -0.4 is 5.32 Å². The number of Topliss-reactive ketones (excluding diaryl/α,β-unsaturated/α-hetero) is 1. The van der Waals surface area contributed by atoms with Crippen LogP contribution in [0.1, 0.15) is 31.9 Å². The molecular weight excluding hydrogens is 301 g/mol. The molecule has 0 bridgehead atoms. The summed E-state index contributed by atoms with van der Waals surface area (Å²) < 4.78 is 4.63. The highest BCUT2D eigenvalue weighted by molar-refractivity contribution is 6.42. The number of benzene rings is 1. The minimum absolute atomic E-state index is 0.197. The van der Waals surface area contributed by atoms with Crippen LogP contribution in [-0.2, 0) is 14.3 Å². The number of nitrogens with one attached hydrogen (secondary N) is 1. The maximum Gasteiger partial charge on any atom is 0.330 e. The predicted molar refractivity (Wildman–Crippen MR) is 79.1 cm³/mol. The van der Waals surface area contributed by atoms with Crippen molar-refractivity contribution in [3.63, 3.8) is 0 Å². The predicted octanol–water partition coefficient (Wildman–Crippen LogP) is 3.16. The first kappa shape index (κ1) is 17.0. The Kier molecular flexibility index (Phi) is 6.46. The van der Waals surface area contributed by atoms with Crippen LogP contribution in [0.25, 0.3) is 0 Å². The van der Waals surface area contributed by atoms with Crippen molar-refractivity contribution in [3.8, 4) is 0 Å². The SMILES string of the molecule is CCC(NC(C(C)=O)C(=O)OC)c1ccc(Cl)c(Cl)c1. The molecule has 6 heteroatoms. The van der Waals surface area contributed by atoms with Crippen molar-refractivity contribution in [1.82, 2.24) is 5.32 Å². The molecule has 1 aromatic carbocycles. The number of ether oxygens (including phenoxy) is 1. The van der Waals surface area contributed by atoms with Gasteiger partial charge in [-0.05, 0) is 31.0 Å². The van der Waals surface area contributed by atoms with Crippen LogP contribution in [0.15, 0.2) is 18.2 Å². The van der Waals surface area contributed by atoms with E-state index in [1.54, 1.807) is 12.1 Å². The topological polar surface area (TPSA) is 55.4 Å². The first-order chi connectivity index (χ1) is 9.40. The third-order valence-corrected chi connectivity index (χ3v) is 3.70. The lowest BCUT2D eigenvalue weighted by molar-refractivity contribution is -0.146. The van der Waals surface area contributed by atoms with E-state index in [1.807, 2.05) is 13.0 Å². The lowest BCUT2D eigenvalue weighted by Crippen LogP contribution is -2.44. The lowest BCUT2D eigenvalue weighted by Gasteiger charge is -2.22. The fourth-order valence-electron chi connectivity index (χ4n) is 1.85. The van der Waals surface area contributed by atoms with Crippen LogP contribution in [0.4, 0.5) is 0 Å². The summed E-state index contributed by atoms with van der Waals surface area (Å²) in [5.41, 5.74) is 0.858. The van der Waals surface area contributed by atoms with Crippen molar-refractivity contribution in [2.24, 2.45) is 0 Å². The Labute approximate surface area is 128 Å². The Morgan fingerprint density at radius 2 is 1.95 bits per heavy atom. The third-order valence-electron chi connectivity index (χ3n) is 2.97. The molecule has 2 atom stereocenters. The van der Waals surface area contributed by atoms with Gasteiger partial charge in [-0.2, -0.15) is 0 Å². The van der Waals surface area contributed by atoms with E-state index in [4.69, 9.17) is 23.2 Å². The first-order valence-electron chi connectivity index (χ1n) is 6.20. The number of rotatable bonds is 6. The molecule has 1 N–H and O–H groups in total. The summed E-state index contributed by atoms with van der Waals surface area (Å²) in [4.78, 5) is 23.1. The molecule has 0 saturated carbocycles. The molecular formula is C14H17Cl2NO3. The monoisotopic (exact) mass is 317 g/mol. The second kappa shape index (κ2) is 7.62. The smallest absolute Gasteiger partial charge is 0.330 e. The van der Waals surface area contributed by atoms with E-state index < -0.39 is 12.0 Å². The van der Waals surface area contributed by atoms with Crippen molar-refractivity contribution in [2.45, 2.75) is 32.4 Å². The zero-order chi connectivity index (χ0) is 15.3. The van der Waals surface area contributed by atoms with Crippen molar-refractivity contribution >= 4 is 35.0 Å². The minimum atomic E-state index is -0.987. The molecule has 0 aliphatic heterocycles. The standard InChI is InChI=1S/C14H17Cl2NO3/c1-4-12(9-5-6-10(15)11(16)7-9)17-13(8(2)18)14(19)20-3/h5-7,12-13,17H,4H2,1-3H3. The van der Waals surface area contributed by atoms with Gasteiger partial charge in [0.1, 0.15) is 0 Å². The lowest BCUT2D eigenvalue weighted by atomic mass is 10.0. The van der Waals surface area contributed by atoms with Gasteiger partial charge in [0.05, 0.1) is 17.2 Å². The number of carbonyl (C=O) groups is 2. The van der Waals surface area contributed by atoms with E-state index in [9.17, 15) is 9.59 Å². The Balaban J connectivity index is 2.97. The molecule has 0 amide bonds. The maximum absolute atomic E-state index is 11.6. The Hall–Kier alpha value is -1.10. The van der Waals surface area contributed by atoms with Gasteiger partial charge in [0.2, 0.25) is 0 Å². The number of hydrogen-bond acceptors (Lipinski definition) is 4. The molecule has 0 aliphatic rings. The zero-order valence-electron chi connectivity index (χ0n) is 11.6. The molecule has 0 aromatic heterocycles. The number of esters is 1. The summed E-state index contributed by atoms with van der Waals surface area (Å²) in [5.74, 6) is -0.897. The average Bonchev–Trinajstić information content (AvgIpc) is 2.42. The molecule has 1 aromatic rings. The van der Waals surface area contributed by atoms with Gasteiger partial charge >= 0.3 is 5.97 Å². The number of ketones is 1. The molecule has 20 heavy (non-hydrogen) atoms. The van der Waals surface area contributed by atoms with Crippen LogP contribution >= 0.6 is 23.2 Å². The molecule has 4 nitrogen and oxygen atoms in total. The fourth-order valence-corrected chi connectivity index (χ4v) is 2.16. The van der Waals surface area contributed by atoms with Crippen molar-refractivity contribution in [3.05, 3.63) is 33.8 Å². The van der Waals surface area contributed by atoms with E-state index in [0.29, 0.717) is 16.5 Å². The summed E-state index contributed by atoms with van der Waals surface area (Å²) in [6, 6.07) is 4.03. The van der Waals surface area contributed by atoms with Crippen molar-refractivity contribution < 1.29 is 14.3 Å². The second-order valence-electron chi connectivity index (χ2n) is 4.37. The van der Waals surface area contributed by atoms with E-state index in [-0.39, 0.29) is 11.8 Å². The van der Waals surface area contributed by atoms with Crippen LogP contribution in [0.5, 0.6) is 0 Å². The van der Waals surface area contributed by atoms with Gasteiger partial charge < -0.3 is 4.74 Å². The van der Waals surface area contributed by atoms with E-state index in [0.717, 1.165) is 5.56 Å². The van der Waals surface area contributed by atoms with Gasteiger partial charge in [-0.1, -0.05) is 36.2 Å². The van der Waals surface area contributed by atoms with Gasteiger partial charge in [-0.3, -0.25) is 10.1 Å². The minimum Gasteiger partial charge on any atom is -0.468 e. The van der Waals surface area contributed by atoms with E-state index >= 15 is 0 Å². The fraction of sp³-hybridized carbons (Fsp3) is 0.429. The van der Waals surface area contributed by atoms with Crippen LogP contribution in [-0.4, -0.2) is 24.9 Å². The van der Waals surface area contributed by atoms with Gasteiger partial charge in [-0.25, -0.2) is 4.79 Å². The molecule has 0 radical (unpaired) electrons. The summed E-state index contributed by atoms with van der Waals surface area (Å²) in [7, 11) is 1.25. The summed E-state index contributed by atoms with van der Waals surface area (Å²) >= 11 is 11.9. The summed E-state index contributed by atoms with van der Waals surface area (Å²) in [6.45, 7) is 3.28. The zero-order valence-corrected chi connectivity index (χ0v) is 13.1. The molecule has 1 rings (SSSR count). The number of hydrogen-bond donors (Lipinski definition) is 1. The Morgan fingerprint density at radius 1 is 1.30 bits per heavy atom. The average molecular weight is 318 g/mol. The molecule has 0 fully saturated rings. The van der Waals surface area contributed by atoms with E-state index in [1.165, 1.54) is 14.0 Å². The van der Waals surface area contributed by atoms with Gasteiger partial charge in [0.15, 0.2) is 11.8 Å². The third kappa shape index (κ3) is 4.20. The van der Waals surface area contributed by atoms with Crippen LogP contribution in [0, 0.1) is 0 Å². The first-order valence-corrected chi connectivity index (χ1v) is 6.95. The normalized spacial score (nSPS) is 13.7. The number of halogens is 2. The van der Waals surface area contributed by atoms with Gasteiger partial charge in [-0.15, -0.1) is 0 Å². The molecule has 110 valence electrons. The molecule has 0 spiro atoms. The Morgan fingerprint density at radius 3 is 2.40 bits per heavy atom. The summed E-state index contributed by atoms with van der Waals surface area (Å²) in [6.07, 6.45) is 0.679. The second-order valence-corrected chi connectivity index (χ2v) is 5.18. The quantitative estimate of drug-likeness (QED) is 0.646. The van der Waals surface area contributed by atoms with Crippen molar-refractivity contribution in [2.75, 3.05) is 7.11 Å².